The summed E-state index contributed by atoms with van der Waals surface area (Å²) in [5.74, 6) is -0.930. The van der Waals surface area contributed by atoms with Gasteiger partial charge >= 0.3 is 5.69 Å². The Bertz CT molecular complexity index is 1110. The smallest absolute Gasteiger partial charge is 0.349 e. The molecule has 1 fully saturated rings. The van der Waals surface area contributed by atoms with Crippen molar-refractivity contribution in [2.24, 2.45) is 11.7 Å². The minimum absolute atomic E-state index is 0.0455. The van der Waals surface area contributed by atoms with Crippen LogP contribution in [0.3, 0.4) is 0 Å². The van der Waals surface area contributed by atoms with Crippen LogP contribution in [0.4, 0.5) is 11.5 Å². The molecule has 1 aliphatic heterocycles. The van der Waals surface area contributed by atoms with Crippen molar-refractivity contribution in [3.63, 3.8) is 0 Å². The second-order valence-electron chi connectivity index (χ2n) is 8.80. The van der Waals surface area contributed by atoms with E-state index in [1.807, 2.05) is 0 Å². The minimum atomic E-state index is -1.44. The van der Waals surface area contributed by atoms with Crippen LogP contribution in [-0.4, -0.2) is 64.2 Å². The third-order valence-corrected chi connectivity index (χ3v) is 5.67. The van der Waals surface area contributed by atoms with Gasteiger partial charge in [-0.1, -0.05) is 0 Å². The molecule has 1 aliphatic rings. The average Bonchev–Trinajstić information content (AvgIpc) is 2.85. The largest absolute Gasteiger partial charge is 0.394 e. The second kappa shape index (κ2) is 11.7. The molecule has 0 aliphatic carbocycles. The van der Waals surface area contributed by atoms with Crippen molar-refractivity contribution >= 4 is 29.2 Å². The maximum Gasteiger partial charge on any atom is 0.349 e. The van der Waals surface area contributed by atoms with Gasteiger partial charge < -0.3 is 32.1 Å². The number of benzene rings is 1. The number of amides is 3. The van der Waals surface area contributed by atoms with Crippen LogP contribution < -0.4 is 32.7 Å². The lowest BCUT2D eigenvalue weighted by atomic mass is 10.00. The normalized spacial score (nSPS) is 17.2. The first-order valence-electron chi connectivity index (χ1n) is 11.4. The number of aliphatic hydroxyl groups excluding tert-OH is 1. The van der Waals surface area contributed by atoms with E-state index < -0.39 is 29.6 Å². The minimum Gasteiger partial charge on any atom is -0.394 e. The topological polar surface area (TPSA) is 180 Å². The highest BCUT2D eigenvalue weighted by atomic mass is 16.3. The molecule has 188 valence electrons. The van der Waals surface area contributed by atoms with Crippen molar-refractivity contribution in [1.82, 2.24) is 20.2 Å². The van der Waals surface area contributed by atoms with Crippen molar-refractivity contribution < 1.29 is 19.5 Å². The molecule has 0 radical (unpaired) electrons. The Morgan fingerprint density at radius 1 is 1.23 bits per heavy atom. The van der Waals surface area contributed by atoms with Gasteiger partial charge in [-0.05, 0) is 69.1 Å². The van der Waals surface area contributed by atoms with Crippen LogP contribution in [0, 0.1) is 5.92 Å². The lowest BCUT2D eigenvalue weighted by molar-refractivity contribution is -0.122. The Kier molecular flexibility index (Phi) is 8.68. The van der Waals surface area contributed by atoms with E-state index in [0.717, 1.165) is 25.9 Å². The molecule has 1 aromatic heterocycles. The molecule has 0 spiro atoms. The number of hydrogen-bond acceptors (Lipinski definition) is 8. The monoisotopic (exact) mass is 485 g/mol. The first kappa shape index (κ1) is 26.0. The third kappa shape index (κ3) is 7.44. The Balaban J connectivity index is 1.53. The van der Waals surface area contributed by atoms with Gasteiger partial charge in [-0.3, -0.25) is 19.0 Å². The molecule has 1 unspecified atom stereocenters. The number of nitrogens with zero attached hydrogens (tertiary/aromatic N) is 2. The summed E-state index contributed by atoms with van der Waals surface area (Å²) < 4.78 is 1.17. The fraction of sp³-hybridized carbons (Fsp3) is 0.435. The number of aromatic nitrogens is 2. The van der Waals surface area contributed by atoms with Gasteiger partial charge in [0.05, 0.1) is 6.61 Å². The summed E-state index contributed by atoms with van der Waals surface area (Å²) in [5.41, 5.74) is 4.25. The number of nitrogens with one attached hydrogen (secondary N) is 4. The van der Waals surface area contributed by atoms with Gasteiger partial charge in [-0.2, -0.15) is 4.98 Å². The summed E-state index contributed by atoms with van der Waals surface area (Å²) in [4.78, 5) is 52.8. The van der Waals surface area contributed by atoms with E-state index >= 15 is 0 Å². The molecule has 2 atom stereocenters. The number of rotatable bonds is 9. The van der Waals surface area contributed by atoms with Gasteiger partial charge in [0.1, 0.15) is 17.9 Å². The zero-order chi connectivity index (χ0) is 25.4. The molecule has 3 rings (SSSR count). The molecule has 0 saturated carbocycles. The van der Waals surface area contributed by atoms with Crippen LogP contribution >= 0.6 is 0 Å². The molecule has 3 amide bonds. The van der Waals surface area contributed by atoms with Crippen molar-refractivity contribution in [1.29, 1.82) is 0 Å². The van der Waals surface area contributed by atoms with E-state index in [-0.39, 0.29) is 23.8 Å². The van der Waals surface area contributed by atoms with E-state index in [9.17, 15) is 19.2 Å². The van der Waals surface area contributed by atoms with Crippen LogP contribution in [0.5, 0.6) is 0 Å². The summed E-state index contributed by atoms with van der Waals surface area (Å²) in [6.07, 6.45) is 3.53. The highest BCUT2D eigenvalue weighted by molar-refractivity contribution is 6.04. The SMILES string of the molecule is C[C@](N)(CO)C(=O)Nc1ccc(C(=O)Nc2ccn(CC(=O)NCC3CCCNC3)c(=O)n2)cc1. The molecular formula is C23H31N7O5. The zero-order valence-corrected chi connectivity index (χ0v) is 19.5. The first-order chi connectivity index (χ1) is 16.7. The predicted molar refractivity (Wildman–Crippen MR) is 130 cm³/mol. The molecule has 2 aromatic rings. The Morgan fingerprint density at radius 3 is 2.60 bits per heavy atom. The number of anilines is 2. The van der Waals surface area contributed by atoms with Gasteiger partial charge in [-0.15, -0.1) is 0 Å². The van der Waals surface area contributed by atoms with Gasteiger partial charge in [-0.25, -0.2) is 4.79 Å². The van der Waals surface area contributed by atoms with Crippen LogP contribution in [0.2, 0.25) is 0 Å². The van der Waals surface area contributed by atoms with Crippen LogP contribution in [0.25, 0.3) is 0 Å². The van der Waals surface area contributed by atoms with Crippen molar-refractivity contribution in [3.8, 4) is 0 Å². The van der Waals surface area contributed by atoms with Gasteiger partial charge in [0.2, 0.25) is 11.8 Å². The summed E-state index contributed by atoms with van der Waals surface area (Å²) in [6.45, 7) is 3.13. The van der Waals surface area contributed by atoms with E-state index in [1.54, 1.807) is 0 Å². The molecular weight excluding hydrogens is 454 g/mol. The van der Waals surface area contributed by atoms with Gasteiger partial charge in [0.25, 0.3) is 5.91 Å². The second-order valence-corrected chi connectivity index (χ2v) is 8.80. The number of nitrogens with two attached hydrogens (primary N) is 1. The quantitative estimate of drug-likeness (QED) is 0.269. The first-order valence-corrected chi connectivity index (χ1v) is 11.4. The number of piperidine rings is 1. The summed E-state index contributed by atoms with van der Waals surface area (Å²) in [6, 6.07) is 7.40. The van der Waals surface area contributed by atoms with Gasteiger partial charge in [0, 0.05) is 24.0 Å². The molecule has 7 N–H and O–H groups in total. The molecule has 1 aromatic carbocycles. The summed E-state index contributed by atoms with van der Waals surface area (Å²) in [5, 5.41) is 20.4. The average molecular weight is 486 g/mol. The van der Waals surface area contributed by atoms with Crippen molar-refractivity contribution in [2.45, 2.75) is 31.8 Å². The molecule has 2 heterocycles. The van der Waals surface area contributed by atoms with Crippen molar-refractivity contribution in [3.05, 3.63) is 52.6 Å². The molecule has 12 nitrogen and oxygen atoms in total. The lowest BCUT2D eigenvalue weighted by Crippen LogP contribution is -2.51. The van der Waals surface area contributed by atoms with E-state index in [0.29, 0.717) is 18.2 Å². The molecule has 0 bridgehead atoms. The maximum atomic E-state index is 12.5. The molecule has 1 saturated heterocycles. The van der Waals surface area contributed by atoms with Crippen LogP contribution in [0.15, 0.2) is 41.3 Å². The van der Waals surface area contributed by atoms with E-state index in [4.69, 9.17) is 10.8 Å². The molecule has 35 heavy (non-hydrogen) atoms. The standard InChI is InChI=1S/C23H31N7O5/c1-23(24,14-31)21(34)27-17-6-4-16(5-7-17)20(33)28-18-8-10-30(22(35)29-18)13-19(32)26-12-15-3-2-9-25-11-15/h4-8,10,15,25,31H,2-3,9,11-14,24H2,1H3,(H,26,32)(H,27,34)(H,28,29,33,35)/t15?,23-/m0/s1. The fourth-order valence-corrected chi connectivity index (χ4v) is 3.42. The highest BCUT2D eigenvalue weighted by Gasteiger charge is 2.27. The summed E-state index contributed by atoms with van der Waals surface area (Å²) >= 11 is 0. The number of hydrogen-bond donors (Lipinski definition) is 6. The highest BCUT2D eigenvalue weighted by Crippen LogP contribution is 2.13. The number of carbonyl (C=O) groups is 3. The Morgan fingerprint density at radius 2 is 1.97 bits per heavy atom. The fourth-order valence-electron chi connectivity index (χ4n) is 3.42. The third-order valence-electron chi connectivity index (χ3n) is 5.67. The Labute approximate surface area is 202 Å². The maximum absolute atomic E-state index is 12.5. The van der Waals surface area contributed by atoms with Gasteiger partial charge in [0.15, 0.2) is 0 Å². The predicted octanol–water partition coefficient (Wildman–Crippen LogP) is -0.740. The zero-order valence-electron chi connectivity index (χ0n) is 19.5. The van der Waals surface area contributed by atoms with Crippen LogP contribution in [-0.2, 0) is 16.1 Å². The number of aliphatic hydroxyl groups is 1. The van der Waals surface area contributed by atoms with E-state index in [1.165, 1.54) is 48.0 Å². The number of carbonyl (C=O) groups excluding carboxylic acids is 3. The van der Waals surface area contributed by atoms with Crippen molar-refractivity contribution in [2.75, 3.05) is 36.9 Å². The molecule has 12 heteroatoms. The van der Waals surface area contributed by atoms with Crippen LogP contribution in [0.1, 0.15) is 30.1 Å². The Hall–Kier alpha value is -3.61. The summed E-state index contributed by atoms with van der Waals surface area (Å²) in [7, 11) is 0. The van der Waals surface area contributed by atoms with E-state index in [2.05, 4.69) is 26.3 Å². The lowest BCUT2D eigenvalue weighted by Gasteiger charge is -2.22.